The van der Waals surface area contributed by atoms with Gasteiger partial charge in [-0.3, -0.25) is 14.5 Å². The third kappa shape index (κ3) is 7.42. The number of nitrogens with zero attached hydrogens (tertiary/aromatic N) is 2. The van der Waals surface area contributed by atoms with Crippen molar-refractivity contribution in [2.75, 3.05) is 18.8 Å². The zero-order chi connectivity index (χ0) is 30.9. The van der Waals surface area contributed by atoms with Gasteiger partial charge >= 0.3 is 6.18 Å². The molecule has 1 saturated heterocycles. The van der Waals surface area contributed by atoms with Crippen LogP contribution in [-0.2, 0) is 20.8 Å². The number of hydrogen-bond acceptors (Lipinski definition) is 5. The molecule has 4 atom stereocenters. The molecule has 3 aliphatic rings. The lowest BCUT2D eigenvalue weighted by Gasteiger charge is -2.45. The van der Waals surface area contributed by atoms with Crippen LogP contribution in [0.2, 0.25) is 0 Å². The third-order valence-electron chi connectivity index (χ3n) is 9.15. The highest BCUT2D eigenvalue weighted by Gasteiger charge is 2.45. The predicted octanol–water partition coefficient (Wildman–Crippen LogP) is 5.17. The summed E-state index contributed by atoms with van der Waals surface area (Å²) >= 11 is 0. The summed E-state index contributed by atoms with van der Waals surface area (Å²) in [6, 6.07) is 11.8. The monoisotopic (exact) mass is 619 g/mol. The summed E-state index contributed by atoms with van der Waals surface area (Å²) < 4.78 is 66.6. The molecule has 3 fully saturated rings. The lowest BCUT2D eigenvalue weighted by molar-refractivity contribution is -0.137. The Morgan fingerprint density at radius 2 is 1.74 bits per heavy atom. The standard InChI is InChI=1S/C32H40F3N3O4S/c1-21(2)38(19-22-11-12-22)26-13-14-29(24(18-26)20-43(41,42)27-9-4-3-5-10-27)37-16-15-28(31(37)40)36-30(39)23-7-6-8-25(17-23)32(33,34)35/h3-10,17,21-22,24,26,28-29H,11-16,18-20H2,1-2H3,(H,36,39). The molecule has 7 nitrogen and oxygen atoms in total. The van der Waals surface area contributed by atoms with Gasteiger partial charge in [-0.15, -0.1) is 0 Å². The number of rotatable bonds is 10. The fraction of sp³-hybridized carbons (Fsp3) is 0.562. The van der Waals surface area contributed by atoms with Gasteiger partial charge in [0.05, 0.1) is 16.2 Å². The van der Waals surface area contributed by atoms with Crippen LogP contribution in [0.5, 0.6) is 0 Å². The Hall–Kier alpha value is -2.92. The van der Waals surface area contributed by atoms with E-state index in [9.17, 15) is 31.2 Å². The molecule has 2 aromatic rings. The lowest BCUT2D eigenvalue weighted by Crippen LogP contribution is -2.54. The van der Waals surface area contributed by atoms with E-state index in [4.69, 9.17) is 0 Å². The Labute approximate surface area is 251 Å². The quantitative estimate of drug-likeness (QED) is 0.397. The van der Waals surface area contributed by atoms with Crippen LogP contribution in [0, 0.1) is 11.8 Å². The molecule has 234 valence electrons. The molecule has 1 heterocycles. The Bertz CT molecular complexity index is 1410. The Morgan fingerprint density at radius 1 is 1.02 bits per heavy atom. The van der Waals surface area contributed by atoms with E-state index in [1.165, 1.54) is 25.0 Å². The van der Waals surface area contributed by atoms with Crippen molar-refractivity contribution in [3.05, 3.63) is 65.7 Å². The predicted molar refractivity (Wildman–Crippen MR) is 157 cm³/mol. The average Bonchev–Trinajstić information content (AvgIpc) is 3.73. The van der Waals surface area contributed by atoms with Gasteiger partial charge in [0, 0.05) is 36.8 Å². The van der Waals surface area contributed by atoms with Crippen molar-refractivity contribution in [1.82, 2.24) is 15.1 Å². The highest BCUT2D eigenvalue weighted by Crippen LogP contribution is 2.38. The molecule has 0 spiro atoms. The normalized spacial score (nSPS) is 25.0. The second-order valence-electron chi connectivity index (χ2n) is 12.5. The molecular weight excluding hydrogens is 579 g/mol. The van der Waals surface area contributed by atoms with Gasteiger partial charge in [-0.05, 0) is 94.5 Å². The first-order valence-electron chi connectivity index (χ1n) is 15.2. The highest BCUT2D eigenvalue weighted by molar-refractivity contribution is 7.91. The number of halogens is 3. The molecule has 2 saturated carbocycles. The van der Waals surface area contributed by atoms with Crippen molar-refractivity contribution in [2.24, 2.45) is 11.8 Å². The summed E-state index contributed by atoms with van der Waals surface area (Å²) in [6.07, 6.45) is 0.290. The van der Waals surface area contributed by atoms with Crippen LogP contribution in [0.15, 0.2) is 59.5 Å². The fourth-order valence-electron chi connectivity index (χ4n) is 6.74. The first-order chi connectivity index (χ1) is 20.3. The van der Waals surface area contributed by atoms with E-state index in [1.54, 1.807) is 35.2 Å². The average molecular weight is 620 g/mol. The van der Waals surface area contributed by atoms with Crippen LogP contribution in [0.3, 0.4) is 0 Å². The van der Waals surface area contributed by atoms with E-state index >= 15 is 0 Å². The van der Waals surface area contributed by atoms with Gasteiger partial charge in [-0.2, -0.15) is 13.2 Å². The first-order valence-corrected chi connectivity index (χ1v) is 16.8. The molecule has 1 aliphatic heterocycles. The van der Waals surface area contributed by atoms with E-state index in [0.717, 1.165) is 25.1 Å². The van der Waals surface area contributed by atoms with E-state index in [2.05, 4.69) is 24.1 Å². The van der Waals surface area contributed by atoms with Gasteiger partial charge in [0.25, 0.3) is 5.91 Å². The van der Waals surface area contributed by atoms with E-state index in [1.807, 2.05) is 0 Å². The van der Waals surface area contributed by atoms with E-state index < -0.39 is 33.5 Å². The lowest BCUT2D eigenvalue weighted by atomic mass is 9.80. The second-order valence-corrected chi connectivity index (χ2v) is 14.6. The zero-order valence-electron chi connectivity index (χ0n) is 24.6. The number of amides is 2. The first kappa shape index (κ1) is 31.5. The van der Waals surface area contributed by atoms with Crippen LogP contribution in [0.4, 0.5) is 13.2 Å². The summed E-state index contributed by atoms with van der Waals surface area (Å²) in [5, 5.41) is 2.63. The van der Waals surface area contributed by atoms with E-state index in [-0.39, 0.29) is 40.1 Å². The van der Waals surface area contributed by atoms with Gasteiger partial charge in [0.2, 0.25) is 5.91 Å². The summed E-state index contributed by atoms with van der Waals surface area (Å²) in [5.41, 5.74) is -1.10. The Balaban J connectivity index is 1.33. The van der Waals surface area contributed by atoms with Gasteiger partial charge in [-0.25, -0.2) is 8.42 Å². The molecule has 2 amide bonds. The molecule has 0 radical (unpaired) electrons. The molecule has 4 unspecified atom stereocenters. The molecule has 5 rings (SSSR count). The minimum atomic E-state index is -4.59. The number of sulfone groups is 1. The SMILES string of the molecule is CC(C)N(CC1CC1)C1CCC(N2CCC(NC(=O)c3cccc(C(F)(F)F)c3)C2=O)C(CS(=O)(=O)c2ccccc2)C1. The summed E-state index contributed by atoms with van der Waals surface area (Å²) in [6.45, 7) is 5.69. The highest BCUT2D eigenvalue weighted by atomic mass is 32.2. The Kier molecular flexibility index (Phi) is 9.23. The fourth-order valence-corrected chi connectivity index (χ4v) is 8.43. The molecule has 0 bridgehead atoms. The molecule has 2 aromatic carbocycles. The van der Waals surface area contributed by atoms with Gasteiger partial charge in [0.1, 0.15) is 6.04 Å². The maximum absolute atomic E-state index is 13.6. The Morgan fingerprint density at radius 3 is 2.40 bits per heavy atom. The number of alkyl halides is 3. The molecule has 43 heavy (non-hydrogen) atoms. The minimum absolute atomic E-state index is 0.0847. The molecule has 11 heteroatoms. The number of likely N-dealkylation sites (tertiary alicyclic amines) is 1. The number of hydrogen-bond donors (Lipinski definition) is 1. The van der Waals surface area contributed by atoms with Crippen molar-refractivity contribution in [1.29, 1.82) is 0 Å². The van der Waals surface area contributed by atoms with Crippen LogP contribution in [-0.4, -0.2) is 73.0 Å². The van der Waals surface area contributed by atoms with Crippen molar-refractivity contribution < 1.29 is 31.2 Å². The molecule has 2 aliphatic carbocycles. The number of carbonyl (C=O) groups is 2. The van der Waals surface area contributed by atoms with Crippen molar-refractivity contribution in [2.45, 2.75) is 87.6 Å². The van der Waals surface area contributed by atoms with Crippen LogP contribution in [0.1, 0.15) is 68.3 Å². The summed E-state index contributed by atoms with van der Waals surface area (Å²) in [5.74, 6) is -0.756. The van der Waals surface area contributed by atoms with Gasteiger partial charge in [-0.1, -0.05) is 24.3 Å². The van der Waals surface area contributed by atoms with Crippen LogP contribution >= 0.6 is 0 Å². The zero-order valence-corrected chi connectivity index (χ0v) is 25.4. The van der Waals surface area contributed by atoms with Crippen molar-refractivity contribution in [3.63, 3.8) is 0 Å². The minimum Gasteiger partial charge on any atom is -0.340 e. The number of benzene rings is 2. The summed E-state index contributed by atoms with van der Waals surface area (Å²) in [7, 11) is -3.62. The maximum Gasteiger partial charge on any atom is 0.416 e. The van der Waals surface area contributed by atoms with Crippen molar-refractivity contribution in [3.8, 4) is 0 Å². The number of nitrogens with one attached hydrogen (secondary N) is 1. The smallest absolute Gasteiger partial charge is 0.340 e. The van der Waals surface area contributed by atoms with Crippen LogP contribution in [0.25, 0.3) is 0 Å². The molecule has 1 N–H and O–H groups in total. The maximum atomic E-state index is 13.6. The third-order valence-corrected chi connectivity index (χ3v) is 11.0. The largest absolute Gasteiger partial charge is 0.416 e. The second kappa shape index (κ2) is 12.6. The van der Waals surface area contributed by atoms with Gasteiger partial charge in [0.15, 0.2) is 9.84 Å². The number of carbonyl (C=O) groups excluding carboxylic acids is 2. The van der Waals surface area contributed by atoms with E-state index in [0.29, 0.717) is 37.8 Å². The van der Waals surface area contributed by atoms with Gasteiger partial charge < -0.3 is 10.2 Å². The van der Waals surface area contributed by atoms with Crippen LogP contribution < -0.4 is 5.32 Å². The molecule has 0 aromatic heterocycles. The van der Waals surface area contributed by atoms with Crippen molar-refractivity contribution >= 4 is 21.7 Å². The molecular formula is C32H40F3N3O4S. The summed E-state index contributed by atoms with van der Waals surface area (Å²) in [4.78, 5) is 31.0. The topological polar surface area (TPSA) is 86.8 Å².